The molecule has 0 aliphatic rings. The van der Waals surface area contributed by atoms with Gasteiger partial charge in [-0.15, -0.1) is 0 Å². The van der Waals surface area contributed by atoms with E-state index in [9.17, 15) is 14.4 Å². The number of rotatable bonds is 1. The highest BCUT2D eigenvalue weighted by atomic mass is 16.2. The number of H-pyrrole nitrogens is 1. The maximum atomic E-state index is 11.9. The molecular formula is C10H13N5O3. The number of hydrogen-bond donors (Lipinski definition) is 1. The van der Waals surface area contributed by atoms with Gasteiger partial charge < -0.3 is 4.90 Å². The summed E-state index contributed by atoms with van der Waals surface area (Å²) in [7, 11) is 6.19. The van der Waals surface area contributed by atoms with Crippen molar-refractivity contribution in [3.05, 3.63) is 31.2 Å². The Hall–Kier alpha value is -2.38. The summed E-state index contributed by atoms with van der Waals surface area (Å²) in [5, 5.41) is -0.120. The van der Waals surface area contributed by atoms with Gasteiger partial charge in [0.1, 0.15) is 5.39 Å². The quantitative estimate of drug-likeness (QED) is 0.658. The summed E-state index contributed by atoms with van der Waals surface area (Å²) in [6.07, 6.45) is 0. The van der Waals surface area contributed by atoms with Gasteiger partial charge in [-0.2, -0.15) is 4.98 Å². The fourth-order valence-corrected chi connectivity index (χ4v) is 1.67. The number of aromatic amines is 1. The molecule has 8 heteroatoms. The van der Waals surface area contributed by atoms with Crippen LogP contribution in [0, 0.1) is 0 Å². The molecular weight excluding hydrogens is 238 g/mol. The van der Waals surface area contributed by atoms with Gasteiger partial charge in [0.25, 0.3) is 11.1 Å². The average molecular weight is 251 g/mol. The average Bonchev–Trinajstić information content (AvgIpc) is 2.32. The first kappa shape index (κ1) is 12.1. The number of fused-ring (bicyclic) bond motifs is 1. The van der Waals surface area contributed by atoms with Crippen molar-refractivity contribution in [1.29, 1.82) is 0 Å². The smallest absolute Gasteiger partial charge is 0.332 e. The lowest BCUT2D eigenvalue weighted by atomic mass is 10.4. The van der Waals surface area contributed by atoms with E-state index >= 15 is 0 Å². The second-order valence-electron chi connectivity index (χ2n) is 4.19. The Kier molecular flexibility index (Phi) is 2.57. The zero-order valence-electron chi connectivity index (χ0n) is 10.5. The molecule has 2 rings (SSSR count). The minimum atomic E-state index is -0.646. The molecule has 0 spiro atoms. The summed E-state index contributed by atoms with van der Waals surface area (Å²) in [4.78, 5) is 43.7. The summed E-state index contributed by atoms with van der Waals surface area (Å²) in [5.41, 5.74) is -1.64. The van der Waals surface area contributed by atoms with Crippen LogP contribution >= 0.6 is 0 Å². The third-order valence-electron chi connectivity index (χ3n) is 2.72. The van der Waals surface area contributed by atoms with Gasteiger partial charge in [-0.3, -0.25) is 23.7 Å². The number of nitrogens with zero attached hydrogens (tertiary/aromatic N) is 4. The molecule has 0 fully saturated rings. The van der Waals surface area contributed by atoms with Gasteiger partial charge in [-0.1, -0.05) is 0 Å². The fraction of sp³-hybridized carbons (Fsp3) is 0.400. The monoisotopic (exact) mass is 251 g/mol. The third-order valence-corrected chi connectivity index (χ3v) is 2.72. The van der Waals surface area contributed by atoms with Gasteiger partial charge >= 0.3 is 5.69 Å². The lowest BCUT2D eigenvalue weighted by Gasteiger charge is -2.12. The van der Waals surface area contributed by atoms with Crippen molar-refractivity contribution >= 4 is 17.0 Å². The SMILES string of the molecule is CN(C)c1nc2c(c(=O)[nH]1)c(=O)n(C)c(=O)n2C. The summed E-state index contributed by atoms with van der Waals surface area (Å²) in [6.45, 7) is 0. The molecule has 0 saturated heterocycles. The van der Waals surface area contributed by atoms with Crippen LogP contribution in [-0.2, 0) is 14.1 Å². The topological polar surface area (TPSA) is 93.0 Å². The molecule has 2 aromatic rings. The molecule has 0 aliphatic carbocycles. The summed E-state index contributed by atoms with van der Waals surface area (Å²) in [6, 6.07) is 0. The molecule has 0 atom stereocenters. The third kappa shape index (κ3) is 1.53. The van der Waals surface area contributed by atoms with Crippen LogP contribution in [0.4, 0.5) is 5.95 Å². The van der Waals surface area contributed by atoms with Crippen LogP contribution < -0.4 is 21.7 Å². The Labute approximate surface area is 101 Å². The Balaban J connectivity index is 3.13. The first-order chi connectivity index (χ1) is 8.34. The van der Waals surface area contributed by atoms with E-state index in [2.05, 4.69) is 9.97 Å². The maximum absolute atomic E-state index is 11.9. The van der Waals surface area contributed by atoms with E-state index in [0.717, 1.165) is 4.57 Å². The lowest BCUT2D eigenvalue weighted by Crippen LogP contribution is -2.40. The largest absolute Gasteiger partial charge is 0.348 e. The second kappa shape index (κ2) is 3.83. The van der Waals surface area contributed by atoms with Gasteiger partial charge in [-0.25, -0.2) is 4.79 Å². The van der Waals surface area contributed by atoms with Gasteiger partial charge in [0.15, 0.2) is 5.65 Å². The van der Waals surface area contributed by atoms with Crippen molar-refractivity contribution in [2.75, 3.05) is 19.0 Å². The van der Waals surface area contributed by atoms with Crippen LogP contribution in [-0.4, -0.2) is 33.2 Å². The van der Waals surface area contributed by atoms with Crippen molar-refractivity contribution in [1.82, 2.24) is 19.1 Å². The molecule has 0 aliphatic heterocycles. The minimum absolute atomic E-state index is 0.0792. The molecule has 0 bridgehead atoms. The number of nitrogens with one attached hydrogen (secondary N) is 1. The highest BCUT2D eigenvalue weighted by molar-refractivity contribution is 5.73. The predicted octanol–water partition coefficient (Wildman–Crippen LogP) is -1.61. The highest BCUT2D eigenvalue weighted by Crippen LogP contribution is 2.04. The first-order valence-corrected chi connectivity index (χ1v) is 5.22. The van der Waals surface area contributed by atoms with Gasteiger partial charge in [0.05, 0.1) is 0 Å². The molecule has 1 N–H and O–H groups in total. The fourth-order valence-electron chi connectivity index (χ4n) is 1.67. The number of anilines is 1. The first-order valence-electron chi connectivity index (χ1n) is 5.22. The van der Waals surface area contributed by atoms with E-state index in [4.69, 9.17) is 0 Å². The summed E-state index contributed by atoms with van der Waals surface area (Å²) < 4.78 is 2.06. The van der Waals surface area contributed by atoms with E-state index in [1.165, 1.54) is 18.7 Å². The standard InChI is InChI=1S/C10H13N5O3/c1-13(2)9-11-6-5(7(16)12-9)8(17)15(4)10(18)14(6)3/h1-4H3,(H,11,12,16). The molecule has 0 aromatic carbocycles. The Morgan fingerprint density at radius 1 is 1.11 bits per heavy atom. The van der Waals surface area contributed by atoms with Crippen molar-refractivity contribution in [2.45, 2.75) is 0 Å². The zero-order valence-corrected chi connectivity index (χ0v) is 10.5. The molecule has 0 radical (unpaired) electrons. The van der Waals surface area contributed by atoms with E-state index in [-0.39, 0.29) is 17.0 Å². The Bertz CT molecular complexity index is 796. The Morgan fingerprint density at radius 3 is 2.28 bits per heavy atom. The predicted molar refractivity (Wildman–Crippen MR) is 67.2 cm³/mol. The van der Waals surface area contributed by atoms with Crippen molar-refractivity contribution in [3.8, 4) is 0 Å². The number of aryl methyl sites for hydroxylation is 1. The number of aromatic nitrogens is 4. The zero-order chi connectivity index (χ0) is 13.6. The normalized spacial score (nSPS) is 10.9. The van der Waals surface area contributed by atoms with Crippen LogP contribution in [0.2, 0.25) is 0 Å². The van der Waals surface area contributed by atoms with Crippen LogP contribution in [0.5, 0.6) is 0 Å². The number of hydrogen-bond acceptors (Lipinski definition) is 5. The van der Waals surface area contributed by atoms with Gasteiger partial charge in [-0.05, 0) is 0 Å². The van der Waals surface area contributed by atoms with Gasteiger partial charge in [0, 0.05) is 28.2 Å². The molecule has 2 heterocycles. The molecule has 96 valence electrons. The van der Waals surface area contributed by atoms with Gasteiger partial charge in [0.2, 0.25) is 5.95 Å². The van der Waals surface area contributed by atoms with Crippen molar-refractivity contribution in [2.24, 2.45) is 14.1 Å². The minimum Gasteiger partial charge on any atom is -0.348 e. The van der Waals surface area contributed by atoms with Crippen molar-refractivity contribution in [3.63, 3.8) is 0 Å². The van der Waals surface area contributed by atoms with Crippen LogP contribution in [0.3, 0.4) is 0 Å². The molecule has 0 amide bonds. The molecule has 8 nitrogen and oxygen atoms in total. The summed E-state index contributed by atoms with van der Waals surface area (Å²) >= 11 is 0. The van der Waals surface area contributed by atoms with Crippen molar-refractivity contribution < 1.29 is 0 Å². The molecule has 0 unspecified atom stereocenters. The van der Waals surface area contributed by atoms with E-state index in [0.29, 0.717) is 0 Å². The van der Waals surface area contributed by atoms with Crippen LogP contribution in [0.15, 0.2) is 14.4 Å². The molecule has 2 aromatic heterocycles. The molecule has 0 saturated carbocycles. The van der Waals surface area contributed by atoms with Crippen LogP contribution in [0.25, 0.3) is 11.0 Å². The highest BCUT2D eigenvalue weighted by Gasteiger charge is 2.14. The lowest BCUT2D eigenvalue weighted by molar-refractivity contribution is 0.704. The maximum Gasteiger partial charge on any atom is 0.332 e. The summed E-state index contributed by atoms with van der Waals surface area (Å²) in [5.74, 6) is 0.288. The van der Waals surface area contributed by atoms with E-state index < -0.39 is 16.8 Å². The van der Waals surface area contributed by atoms with E-state index in [1.807, 2.05) is 0 Å². The van der Waals surface area contributed by atoms with E-state index in [1.54, 1.807) is 19.0 Å². The second-order valence-corrected chi connectivity index (χ2v) is 4.19. The van der Waals surface area contributed by atoms with Crippen LogP contribution in [0.1, 0.15) is 0 Å². The Morgan fingerprint density at radius 2 is 1.72 bits per heavy atom. The molecule has 18 heavy (non-hydrogen) atoms.